The Kier molecular flexibility index (Phi) is 3.41. The molecule has 5 nitrogen and oxygen atoms in total. The lowest BCUT2D eigenvalue weighted by atomic mass is 10.1. The summed E-state index contributed by atoms with van der Waals surface area (Å²) >= 11 is 0. The lowest BCUT2D eigenvalue weighted by molar-refractivity contribution is 0.568. The first kappa shape index (κ1) is 12.1. The van der Waals surface area contributed by atoms with Crippen LogP contribution < -0.4 is 5.14 Å². The van der Waals surface area contributed by atoms with Crippen LogP contribution in [0.3, 0.4) is 0 Å². The number of sulfonamides is 1. The van der Waals surface area contributed by atoms with Crippen molar-refractivity contribution in [2.45, 2.75) is 31.9 Å². The Morgan fingerprint density at radius 1 is 1.27 bits per heavy atom. The van der Waals surface area contributed by atoms with Crippen molar-refractivity contribution >= 4 is 10.0 Å². The van der Waals surface area contributed by atoms with Gasteiger partial charge >= 0.3 is 0 Å². The van der Waals surface area contributed by atoms with E-state index >= 15 is 0 Å². The van der Waals surface area contributed by atoms with E-state index in [0.717, 1.165) is 5.69 Å². The molecule has 1 aromatic rings. The minimum absolute atomic E-state index is 0.256. The summed E-state index contributed by atoms with van der Waals surface area (Å²) in [4.78, 5) is 8.20. The molecule has 1 aromatic heterocycles. The largest absolute Gasteiger partial charge is 0.258 e. The first-order valence-electron chi connectivity index (χ1n) is 4.62. The van der Waals surface area contributed by atoms with Crippen molar-refractivity contribution in [3.05, 3.63) is 23.8 Å². The number of hydrogen-bond donors (Lipinski definition) is 1. The predicted octanol–water partition coefficient (Wildman–Crippen LogP) is 0.566. The fourth-order valence-corrected chi connectivity index (χ4v) is 1.87. The minimum Gasteiger partial charge on any atom is -0.258 e. The number of nitrogens with zero attached hydrogens (tertiary/aromatic N) is 2. The average molecular weight is 229 g/mol. The van der Waals surface area contributed by atoms with E-state index in [2.05, 4.69) is 9.97 Å². The zero-order valence-corrected chi connectivity index (χ0v) is 9.82. The molecule has 1 heterocycles. The smallest absolute Gasteiger partial charge is 0.212 e. The zero-order chi connectivity index (χ0) is 11.6. The molecule has 1 rings (SSSR count). The topological polar surface area (TPSA) is 85.9 Å². The standard InChI is InChI=1S/C9H15N3O2S/c1-6-4-12-9(5-11-6)7(2)8(3)15(10,13)14/h4-5,7-8H,1-3H3,(H2,10,13,14)/t7-,8?/m1/s1. The van der Waals surface area contributed by atoms with Crippen LogP contribution in [0.4, 0.5) is 0 Å². The Morgan fingerprint density at radius 3 is 2.27 bits per heavy atom. The van der Waals surface area contributed by atoms with E-state index in [0.29, 0.717) is 5.69 Å². The Hall–Kier alpha value is -1.01. The quantitative estimate of drug-likeness (QED) is 0.820. The molecular formula is C9H15N3O2S. The molecule has 0 aliphatic heterocycles. The van der Waals surface area contributed by atoms with Crippen molar-refractivity contribution in [3.63, 3.8) is 0 Å². The number of aromatic nitrogens is 2. The summed E-state index contributed by atoms with van der Waals surface area (Å²) in [5, 5.41) is 4.41. The van der Waals surface area contributed by atoms with Gasteiger partial charge in [0.2, 0.25) is 10.0 Å². The molecule has 0 saturated heterocycles. The van der Waals surface area contributed by atoms with Crippen LogP contribution in [0.25, 0.3) is 0 Å². The van der Waals surface area contributed by atoms with Gasteiger partial charge in [0.1, 0.15) is 0 Å². The van der Waals surface area contributed by atoms with Crippen LogP contribution in [0, 0.1) is 6.92 Å². The third kappa shape index (κ3) is 2.97. The van der Waals surface area contributed by atoms with Gasteiger partial charge in [-0.2, -0.15) is 0 Å². The molecule has 0 fully saturated rings. The summed E-state index contributed by atoms with van der Waals surface area (Å²) in [7, 11) is -3.53. The lowest BCUT2D eigenvalue weighted by Gasteiger charge is -2.16. The maximum Gasteiger partial charge on any atom is 0.212 e. The molecule has 0 bridgehead atoms. The monoisotopic (exact) mass is 229 g/mol. The minimum atomic E-state index is -3.53. The van der Waals surface area contributed by atoms with Gasteiger partial charge in [-0.1, -0.05) is 6.92 Å². The highest BCUT2D eigenvalue weighted by molar-refractivity contribution is 7.89. The molecular weight excluding hydrogens is 214 g/mol. The van der Waals surface area contributed by atoms with Crippen LogP contribution in [-0.2, 0) is 10.0 Å². The first-order chi connectivity index (χ1) is 6.82. The fourth-order valence-electron chi connectivity index (χ4n) is 1.16. The van der Waals surface area contributed by atoms with Crippen molar-refractivity contribution in [3.8, 4) is 0 Å². The molecule has 84 valence electrons. The van der Waals surface area contributed by atoms with Gasteiger partial charge in [0.15, 0.2) is 0 Å². The molecule has 0 aromatic carbocycles. The zero-order valence-electron chi connectivity index (χ0n) is 9.01. The Balaban J connectivity index is 2.95. The molecule has 15 heavy (non-hydrogen) atoms. The molecule has 0 amide bonds. The van der Waals surface area contributed by atoms with Crippen molar-refractivity contribution in [1.29, 1.82) is 0 Å². The number of nitrogens with two attached hydrogens (primary N) is 1. The maximum absolute atomic E-state index is 11.1. The Bertz CT molecular complexity index is 427. The van der Waals surface area contributed by atoms with Crippen LogP contribution in [0.2, 0.25) is 0 Å². The van der Waals surface area contributed by atoms with Crippen molar-refractivity contribution in [2.75, 3.05) is 0 Å². The third-order valence-electron chi connectivity index (χ3n) is 2.49. The van der Waals surface area contributed by atoms with Gasteiger partial charge in [0, 0.05) is 18.3 Å². The summed E-state index contributed by atoms with van der Waals surface area (Å²) in [5.41, 5.74) is 1.44. The second kappa shape index (κ2) is 4.24. The summed E-state index contributed by atoms with van der Waals surface area (Å²) in [6.45, 7) is 5.17. The van der Waals surface area contributed by atoms with E-state index in [-0.39, 0.29) is 5.92 Å². The summed E-state index contributed by atoms with van der Waals surface area (Å²) in [6.07, 6.45) is 3.20. The highest BCUT2D eigenvalue weighted by Gasteiger charge is 2.25. The third-order valence-corrected chi connectivity index (χ3v) is 3.93. The molecule has 2 N–H and O–H groups in total. The average Bonchev–Trinajstić information content (AvgIpc) is 2.15. The van der Waals surface area contributed by atoms with Gasteiger partial charge in [-0.25, -0.2) is 13.6 Å². The second-order valence-corrected chi connectivity index (χ2v) is 5.59. The SMILES string of the molecule is Cc1cnc([C@H](C)C(C)S(N)(=O)=O)cn1. The van der Waals surface area contributed by atoms with Crippen LogP contribution in [-0.4, -0.2) is 23.6 Å². The van der Waals surface area contributed by atoms with Gasteiger partial charge in [-0.05, 0) is 13.8 Å². The molecule has 2 atom stereocenters. The van der Waals surface area contributed by atoms with Crippen LogP contribution in [0.5, 0.6) is 0 Å². The van der Waals surface area contributed by atoms with E-state index in [1.807, 2.05) is 6.92 Å². The van der Waals surface area contributed by atoms with Crippen LogP contribution in [0.15, 0.2) is 12.4 Å². The highest BCUT2D eigenvalue weighted by atomic mass is 32.2. The number of primary sulfonamides is 1. The Labute approximate surface area is 89.8 Å². The van der Waals surface area contributed by atoms with Gasteiger partial charge in [0.25, 0.3) is 0 Å². The summed E-state index contributed by atoms with van der Waals surface area (Å²) in [5.74, 6) is -0.256. The van der Waals surface area contributed by atoms with Crippen LogP contribution >= 0.6 is 0 Å². The molecule has 0 radical (unpaired) electrons. The van der Waals surface area contributed by atoms with Gasteiger partial charge in [-0.3, -0.25) is 9.97 Å². The number of aryl methyl sites for hydroxylation is 1. The maximum atomic E-state index is 11.1. The van der Waals surface area contributed by atoms with E-state index in [1.54, 1.807) is 26.2 Å². The summed E-state index contributed by atoms with van der Waals surface area (Å²) in [6, 6.07) is 0. The number of hydrogen-bond acceptors (Lipinski definition) is 4. The Morgan fingerprint density at radius 2 is 1.87 bits per heavy atom. The van der Waals surface area contributed by atoms with E-state index < -0.39 is 15.3 Å². The molecule has 0 saturated carbocycles. The van der Waals surface area contributed by atoms with Crippen LogP contribution in [0.1, 0.15) is 31.2 Å². The van der Waals surface area contributed by atoms with Gasteiger partial charge < -0.3 is 0 Å². The van der Waals surface area contributed by atoms with Crippen molar-refractivity contribution in [1.82, 2.24) is 9.97 Å². The normalized spacial score (nSPS) is 16.0. The fraction of sp³-hybridized carbons (Fsp3) is 0.556. The molecule has 0 spiro atoms. The molecule has 6 heteroatoms. The van der Waals surface area contributed by atoms with Crippen molar-refractivity contribution < 1.29 is 8.42 Å². The molecule has 0 aliphatic rings. The first-order valence-corrected chi connectivity index (χ1v) is 6.23. The van der Waals surface area contributed by atoms with Gasteiger partial charge in [-0.15, -0.1) is 0 Å². The number of rotatable bonds is 3. The molecule has 0 aliphatic carbocycles. The van der Waals surface area contributed by atoms with Crippen molar-refractivity contribution in [2.24, 2.45) is 5.14 Å². The van der Waals surface area contributed by atoms with Gasteiger partial charge in [0.05, 0.1) is 16.6 Å². The van der Waals surface area contributed by atoms with E-state index in [1.165, 1.54) is 0 Å². The highest BCUT2D eigenvalue weighted by Crippen LogP contribution is 2.20. The lowest BCUT2D eigenvalue weighted by Crippen LogP contribution is -2.30. The second-order valence-electron chi connectivity index (χ2n) is 3.67. The predicted molar refractivity (Wildman–Crippen MR) is 57.8 cm³/mol. The molecule has 1 unspecified atom stereocenters. The summed E-state index contributed by atoms with van der Waals surface area (Å²) < 4.78 is 22.3. The van der Waals surface area contributed by atoms with E-state index in [4.69, 9.17) is 5.14 Å². The van der Waals surface area contributed by atoms with E-state index in [9.17, 15) is 8.42 Å².